The van der Waals surface area contributed by atoms with Crippen LogP contribution in [0.5, 0.6) is 5.75 Å². The van der Waals surface area contributed by atoms with Crippen LogP contribution in [0.15, 0.2) is 18.2 Å². The summed E-state index contributed by atoms with van der Waals surface area (Å²) in [5.74, 6) is 2.44. The molecule has 0 saturated carbocycles. The number of nitrogens with one attached hydrogen (secondary N) is 2. The predicted molar refractivity (Wildman–Crippen MR) is 109 cm³/mol. The molecule has 2 aromatic rings. The lowest BCUT2D eigenvalue weighted by Crippen LogP contribution is -2.44. The maximum atomic E-state index is 6.07. The van der Waals surface area contributed by atoms with Gasteiger partial charge in [0.25, 0.3) is 0 Å². The predicted octanol–water partition coefficient (Wildman–Crippen LogP) is 1.52. The third-order valence-electron chi connectivity index (χ3n) is 4.72. The Hall–Kier alpha value is -2.36. The van der Waals surface area contributed by atoms with Crippen LogP contribution in [0.25, 0.3) is 0 Å². The fraction of sp³-hybridized carbons (Fsp3) is 0.500. The monoisotopic (exact) mass is 405 g/mol. The van der Waals surface area contributed by atoms with Gasteiger partial charge in [-0.05, 0) is 12.1 Å². The second-order valence-corrected chi connectivity index (χ2v) is 7.00. The van der Waals surface area contributed by atoms with E-state index in [2.05, 4.69) is 30.4 Å². The highest BCUT2D eigenvalue weighted by Crippen LogP contribution is 2.30. The number of nitrogens with zero attached hydrogens (tertiary/aromatic N) is 5. The minimum atomic E-state index is 0.477. The molecule has 1 aromatic heterocycles. The van der Waals surface area contributed by atoms with E-state index >= 15 is 0 Å². The van der Waals surface area contributed by atoms with Gasteiger partial charge in [0.05, 0.1) is 26.0 Å². The number of benzene rings is 1. The quantitative estimate of drug-likeness (QED) is 0.768. The first-order valence-electron chi connectivity index (χ1n) is 9.38. The molecular weight excluding hydrogens is 382 g/mol. The van der Waals surface area contributed by atoms with Gasteiger partial charge in [0.2, 0.25) is 17.8 Å². The standard InChI is InChI=1S/C18H24ClN7O2/c1-27-15-12-13(19)2-3-14(15)21-16-22-17(25-6-4-20-5-7-25)24-18(23-16)26-8-10-28-11-9-26/h2-3,12,20H,4-11H2,1H3,(H,21,22,23,24). The normalized spacial score (nSPS) is 17.5. The van der Waals surface area contributed by atoms with Gasteiger partial charge in [-0.15, -0.1) is 0 Å². The minimum absolute atomic E-state index is 0.477. The van der Waals surface area contributed by atoms with Crippen LogP contribution < -0.4 is 25.2 Å². The van der Waals surface area contributed by atoms with E-state index in [9.17, 15) is 0 Å². The summed E-state index contributed by atoms with van der Waals surface area (Å²) in [6.45, 7) is 6.39. The lowest BCUT2D eigenvalue weighted by atomic mass is 10.3. The molecular formula is C18H24ClN7O2. The Labute approximate surface area is 169 Å². The molecule has 4 rings (SSSR count). The van der Waals surface area contributed by atoms with Crippen molar-refractivity contribution in [2.75, 3.05) is 74.7 Å². The van der Waals surface area contributed by atoms with Crippen molar-refractivity contribution >= 4 is 35.1 Å². The second kappa shape index (κ2) is 8.76. The molecule has 0 atom stereocenters. The molecule has 0 amide bonds. The third kappa shape index (κ3) is 4.37. The molecule has 150 valence electrons. The SMILES string of the molecule is COc1cc(Cl)ccc1Nc1nc(N2CCNCC2)nc(N2CCOCC2)n1. The van der Waals surface area contributed by atoms with E-state index in [0.717, 1.165) is 45.0 Å². The largest absolute Gasteiger partial charge is 0.495 e. The Bertz CT molecular complexity index is 774. The van der Waals surface area contributed by atoms with Crippen molar-refractivity contribution in [2.45, 2.75) is 0 Å². The molecule has 1 aromatic carbocycles. The molecule has 9 nitrogen and oxygen atoms in total. The van der Waals surface area contributed by atoms with Crippen LogP contribution in [-0.2, 0) is 4.74 Å². The smallest absolute Gasteiger partial charge is 0.233 e. The number of anilines is 4. The van der Waals surface area contributed by atoms with E-state index in [4.69, 9.17) is 26.1 Å². The van der Waals surface area contributed by atoms with Crippen LogP contribution in [0.3, 0.4) is 0 Å². The van der Waals surface area contributed by atoms with Crippen LogP contribution >= 0.6 is 11.6 Å². The number of rotatable bonds is 5. The maximum Gasteiger partial charge on any atom is 0.233 e. The number of hydrogen-bond acceptors (Lipinski definition) is 9. The zero-order valence-electron chi connectivity index (χ0n) is 15.8. The zero-order chi connectivity index (χ0) is 19.3. The van der Waals surface area contributed by atoms with Gasteiger partial charge >= 0.3 is 0 Å². The van der Waals surface area contributed by atoms with Gasteiger partial charge in [-0.1, -0.05) is 11.6 Å². The van der Waals surface area contributed by atoms with Crippen LogP contribution in [0.2, 0.25) is 5.02 Å². The second-order valence-electron chi connectivity index (χ2n) is 6.57. The van der Waals surface area contributed by atoms with Gasteiger partial charge in [-0.3, -0.25) is 0 Å². The molecule has 2 fully saturated rings. The lowest BCUT2D eigenvalue weighted by molar-refractivity contribution is 0.122. The molecule has 28 heavy (non-hydrogen) atoms. The van der Waals surface area contributed by atoms with Gasteiger partial charge in [0.1, 0.15) is 5.75 Å². The Morgan fingerprint density at radius 3 is 2.39 bits per heavy atom. The lowest BCUT2D eigenvalue weighted by Gasteiger charge is -2.30. The molecule has 2 aliphatic heterocycles. The fourth-order valence-electron chi connectivity index (χ4n) is 3.21. The fourth-order valence-corrected chi connectivity index (χ4v) is 3.37. The van der Waals surface area contributed by atoms with E-state index in [1.54, 1.807) is 19.2 Å². The first-order chi connectivity index (χ1) is 13.7. The van der Waals surface area contributed by atoms with E-state index in [1.807, 2.05) is 6.07 Å². The molecule has 0 spiro atoms. The topological polar surface area (TPSA) is 87.7 Å². The zero-order valence-corrected chi connectivity index (χ0v) is 16.6. The van der Waals surface area contributed by atoms with Gasteiger partial charge in [-0.25, -0.2) is 0 Å². The molecule has 10 heteroatoms. The maximum absolute atomic E-state index is 6.07. The van der Waals surface area contributed by atoms with Crippen LogP contribution in [0.1, 0.15) is 0 Å². The van der Waals surface area contributed by atoms with Crippen molar-refractivity contribution < 1.29 is 9.47 Å². The Kier molecular flexibility index (Phi) is 5.94. The van der Waals surface area contributed by atoms with E-state index < -0.39 is 0 Å². The number of ether oxygens (including phenoxy) is 2. The summed E-state index contributed by atoms with van der Waals surface area (Å²) in [6, 6.07) is 5.41. The summed E-state index contributed by atoms with van der Waals surface area (Å²) in [5, 5.41) is 7.22. The van der Waals surface area contributed by atoms with E-state index in [-0.39, 0.29) is 0 Å². The number of hydrogen-bond donors (Lipinski definition) is 2. The van der Waals surface area contributed by atoms with Crippen molar-refractivity contribution in [1.82, 2.24) is 20.3 Å². The Balaban J connectivity index is 1.66. The van der Waals surface area contributed by atoms with E-state index in [1.165, 1.54) is 0 Å². The number of piperazine rings is 1. The van der Waals surface area contributed by atoms with Gasteiger partial charge in [-0.2, -0.15) is 15.0 Å². The number of morpholine rings is 1. The van der Waals surface area contributed by atoms with Crippen molar-refractivity contribution in [1.29, 1.82) is 0 Å². The van der Waals surface area contributed by atoms with Gasteiger partial charge < -0.3 is 29.9 Å². The number of methoxy groups -OCH3 is 1. The molecule has 3 heterocycles. The summed E-state index contributed by atoms with van der Waals surface area (Å²) in [6.07, 6.45) is 0. The Morgan fingerprint density at radius 2 is 1.71 bits per heavy atom. The van der Waals surface area contributed by atoms with Crippen LogP contribution in [0.4, 0.5) is 23.5 Å². The molecule has 0 radical (unpaired) electrons. The first kappa shape index (κ1) is 19.0. The summed E-state index contributed by atoms with van der Waals surface area (Å²) in [4.78, 5) is 18.3. The van der Waals surface area contributed by atoms with Gasteiger partial charge in [0, 0.05) is 50.4 Å². The average Bonchev–Trinajstić information content (AvgIpc) is 2.76. The summed E-state index contributed by atoms with van der Waals surface area (Å²) in [7, 11) is 1.61. The number of halogens is 1. The van der Waals surface area contributed by atoms with Crippen molar-refractivity contribution in [3.8, 4) is 5.75 Å². The molecule has 0 unspecified atom stereocenters. The third-order valence-corrected chi connectivity index (χ3v) is 4.95. The molecule has 2 aliphatic rings. The Morgan fingerprint density at radius 1 is 1.04 bits per heavy atom. The number of aromatic nitrogens is 3. The minimum Gasteiger partial charge on any atom is -0.495 e. The molecule has 2 saturated heterocycles. The first-order valence-corrected chi connectivity index (χ1v) is 9.76. The molecule has 2 N–H and O–H groups in total. The van der Waals surface area contributed by atoms with E-state index in [0.29, 0.717) is 41.8 Å². The van der Waals surface area contributed by atoms with Crippen molar-refractivity contribution in [3.05, 3.63) is 23.2 Å². The van der Waals surface area contributed by atoms with Crippen molar-refractivity contribution in [2.24, 2.45) is 0 Å². The average molecular weight is 406 g/mol. The summed E-state index contributed by atoms with van der Waals surface area (Å²) < 4.78 is 10.9. The molecule has 0 bridgehead atoms. The summed E-state index contributed by atoms with van der Waals surface area (Å²) >= 11 is 6.07. The summed E-state index contributed by atoms with van der Waals surface area (Å²) in [5.41, 5.74) is 0.747. The van der Waals surface area contributed by atoms with Crippen LogP contribution in [0, 0.1) is 0 Å². The highest BCUT2D eigenvalue weighted by molar-refractivity contribution is 6.30. The molecule has 0 aliphatic carbocycles. The van der Waals surface area contributed by atoms with Crippen molar-refractivity contribution in [3.63, 3.8) is 0 Å². The highest BCUT2D eigenvalue weighted by atomic mass is 35.5. The van der Waals surface area contributed by atoms with Crippen LogP contribution in [-0.4, -0.2) is 74.5 Å². The highest BCUT2D eigenvalue weighted by Gasteiger charge is 2.21. The van der Waals surface area contributed by atoms with Gasteiger partial charge in [0.15, 0.2) is 0 Å².